The van der Waals surface area contributed by atoms with Crippen molar-refractivity contribution in [2.75, 3.05) is 18.6 Å². The molecule has 32 heavy (non-hydrogen) atoms. The Kier molecular flexibility index (Phi) is 5.45. The van der Waals surface area contributed by atoms with Gasteiger partial charge in [0.2, 0.25) is 6.04 Å². The third-order valence-corrected chi connectivity index (χ3v) is 5.83. The molecule has 0 bridgehead atoms. The minimum Gasteiger partial charge on any atom is -0.497 e. The molecule has 1 heterocycles. The van der Waals surface area contributed by atoms with Crippen molar-refractivity contribution in [3.8, 4) is 22.9 Å². The van der Waals surface area contributed by atoms with E-state index in [1.165, 1.54) is 19.2 Å². The molecule has 0 spiro atoms. The lowest BCUT2D eigenvalue weighted by Gasteiger charge is -2.34. The number of hydrogen-bond donors (Lipinski definition) is 0. The third-order valence-electron chi connectivity index (χ3n) is 5.83. The minimum absolute atomic E-state index is 0.00662. The number of methoxy groups -OCH3 is 1. The van der Waals surface area contributed by atoms with E-state index in [0.717, 1.165) is 4.90 Å². The Bertz CT molecular complexity index is 1220. The molecule has 8 nitrogen and oxygen atoms in total. The molecule has 2 atom stereocenters. The summed E-state index contributed by atoms with van der Waals surface area (Å²) in [6.45, 7) is -0.518. The molecule has 4 rings (SSSR count). The second kappa shape index (κ2) is 8.23. The van der Waals surface area contributed by atoms with Crippen molar-refractivity contribution in [1.29, 1.82) is 5.26 Å². The van der Waals surface area contributed by atoms with Crippen LogP contribution in [0.25, 0.3) is 11.1 Å². The zero-order chi connectivity index (χ0) is 23.0. The van der Waals surface area contributed by atoms with E-state index in [4.69, 9.17) is 4.74 Å². The van der Waals surface area contributed by atoms with Gasteiger partial charge in [0.25, 0.3) is 5.91 Å². The van der Waals surface area contributed by atoms with E-state index >= 15 is 4.39 Å². The Labute approximate surface area is 182 Å². The zero-order valence-corrected chi connectivity index (χ0v) is 17.1. The smallest absolute Gasteiger partial charge is 0.256 e. The first-order valence-electron chi connectivity index (χ1n) is 9.92. The molecule has 1 aliphatic heterocycles. The van der Waals surface area contributed by atoms with E-state index < -0.39 is 40.9 Å². The zero-order valence-electron chi connectivity index (χ0n) is 17.1. The van der Waals surface area contributed by atoms with Crippen molar-refractivity contribution >= 4 is 17.4 Å². The van der Waals surface area contributed by atoms with Crippen LogP contribution in [0.4, 0.5) is 10.1 Å². The van der Waals surface area contributed by atoms with Crippen molar-refractivity contribution in [2.45, 2.75) is 18.9 Å². The Balaban J connectivity index is 1.74. The number of rotatable bonds is 4. The Morgan fingerprint density at radius 3 is 2.56 bits per heavy atom. The standard InChI is InChI=1S/C23H18FN3O5/c1-32-16-4-2-3-13(9-16)14-5-7-18(17(24)10-14)26-12-20(28)22-19(27(30)31)8-6-15(11-25)21(22)23(26)29/h2-5,7,9-10,15,19H,6,8,12H2,1H3. The fourth-order valence-electron chi connectivity index (χ4n) is 4.27. The fraction of sp³-hybridized carbons (Fsp3) is 0.261. The summed E-state index contributed by atoms with van der Waals surface area (Å²) in [5.41, 5.74) is 0.713. The molecule has 0 aromatic heterocycles. The molecule has 0 N–H and O–H groups in total. The predicted molar refractivity (Wildman–Crippen MR) is 112 cm³/mol. The highest BCUT2D eigenvalue weighted by Crippen LogP contribution is 2.38. The number of ketones is 1. The summed E-state index contributed by atoms with van der Waals surface area (Å²) in [5, 5.41) is 20.9. The molecular weight excluding hydrogens is 417 g/mol. The van der Waals surface area contributed by atoms with Gasteiger partial charge in [-0.05, 0) is 41.8 Å². The van der Waals surface area contributed by atoms with Crippen LogP contribution in [0, 0.1) is 33.2 Å². The van der Waals surface area contributed by atoms with Crippen molar-refractivity contribution in [3.05, 3.63) is 69.5 Å². The van der Waals surface area contributed by atoms with Crippen molar-refractivity contribution in [3.63, 3.8) is 0 Å². The highest BCUT2D eigenvalue weighted by Gasteiger charge is 2.47. The van der Waals surface area contributed by atoms with Crippen LogP contribution in [-0.4, -0.2) is 36.3 Å². The van der Waals surface area contributed by atoms with E-state index in [2.05, 4.69) is 0 Å². The number of halogens is 1. The number of Topliss-reactive ketones (excluding diaryl/α,β-unsaturated/α-hetero) is 1. The average Bonchev–Trinajstić information content (AvgIpc) is 2.80. The van der Waals surface area contributed by atoms with Gasteiger partial charge in [0.05, 0.1) is 36.9 Å². The average molecular weight is 435 g/mol. The quantitative estimate of drug-likeness (QED) is 0.538. The number of hydrogen-bond acceptors (Lipinski definition) is 6. The molecule has 2 aliphatic rings. The first-order chi connectivity index (χ1) is 15.3. The number of anilines is 1. The maximum atomic E-state index is 15.1. The van der Waals surface area contributed by atoms with Gasteiger partial charge in [0.15, 0.2) is 5.78 Å². The van der Waals surface area contributed by atoms with Crippen molar-refractivity contribution < 1.29 is 23.6 Å². The summed E-state index contributed by atoms with van der Waals surface area (Å²) in [4.78, 5) is 37.8. The molecule has 2 aromatic carbocycles. The van der Waals surface area contributed by atoms with Gasteiger partial charge in [-0.1, -0.05) is 18.2 Å². The highest BCUT2D eigenvalue weighted by atomic mass is 19.1. The van der Waals surface area contributed by atoms with Gasteiger partial charge in [-0.2, -0.15) is 5.26 Å². The highest BCUT2D eigenvalue weighted by molar-refractivity contribution is 6.20. The van der Waals surface area contributed by atoms with Crippen molar-refractivity contribution in [2.24, 2.45) is 5.92 Å². The normalized spacial score (nSPS) is 20.6. The third kappa shape index (κ3) is 3.50. The summed E-state index contributed by atoms with van der Waals surface area (Å²) in [7, 11) is 1.52. The van der Waals surface area contributed by atoms with Gasteiger partial charge in [0, 0.05) is 16.9 Å². The number of carbonyl (C=O) groups excluding carboxylic acids is 2. The van der Waals surface area contributed by atoms with Crippen LogP contribution in [0.1, 0.15) is 12.8 Å². The van der Waals surface area contributed by atoms with Gasteiger partial charge in [-0.3, -0.25) is 24.6 Å². The second-order valence-electron chi connectivity index (χ2n) is 7.60. The molecule has 2 aromatic rings. The molecule has 9 heteroatoms. The molecule has 0 saturated carbocycles. The SMILES string of the molecule is COc1cccc(-c2ccc(N3CC(=O)C4=C(C3=O)C(C#N)CCC4[N+](=O)[O-])c(F)c2)c1. The topological polar surface area (TPSA) is 114 Å². The lowest BCUT2D eigenvalue weighted by molar-refractivity contribution is -0.513. The van der Waals surface area contributed by atoms with Gasteiger partial charge < -0.3 is 4.74 Å². The van der Waals surface area contributed by atoms with Gasteiger partial charge >= 0.3 is 0 Å². The molecule has 0 saturated heterocycles. The maximum absolute atomic E-state index is 15.1. The Morgan fingerprint density at radius 1 is 1.16 bits per heavy atom. The summed E-state index contributed by atoms with van der Waals surface area (Å²) in [6.07, 6.45) is 0.0950. The number of nitro groups is 1. The molecule has 0 radical (unpaired) electrons. The second-order valence-corrected chi connectivity index (χ2v) is 7.60. The van der Waals surface area contributed by atoms with Crippen LogP contribution in [0.15, 0.2) is 53.6 Å². The molecule has 1 amide bonds. The van der Waals surface area contributed by atoms with Gasteiger partial charge in [-0.15, -0.1) is 0 Å². The minimum atomic E-state index is -1.33. The lowest BCUT2D eigenvalue weighted by Crippen LogP contribution is -2.49. The van der Waals surface area contributed by atoms with Crippen LogP contribution in [-0.2, 0) is 9.59 Å². The number of ether oxygens (including phenoxy) is 1. The van der Waals surface area contributed by atoms with Gasteiger partial charge in [-0.25, -0.2) is 4.39 Å². The largest absolute Gasteiger partial charge is 0.497 e. The van der Waals surface area contributed by atoms with E-state index in [1.54, 1.807) is 30.3 Å². The number of nitrogens with zero attached hydrogens (tertiary/aromatic N) is 3. The number of nitriles is 1. The lowest BCUT2D eigenvalue weighted by atomic mass is 9.76. The number of benzene rings is 2. The summed E-state index contributed by atoms with van der Waals surface area (Å²) in [5.74, 6) is -2.46. The Hall–Kier alpha value is -4.06. The van der Waals surface area contributed by atoms with Gasteiger partial charge in [0.1, 0.15) is 11.6 Å². The summed E-state index contributed by atoms with van der Waals surface area (Å²) in [6, 6.07) is 11.9. The van der Waals surface area contributed by atoms with E-state index in [0.29, 0.717) is 16.9 Å². The fourth-order valence-corrected chi connectivity index (χ4v) is 4.27. The van der Waals surface area contributed by atoms with Crippen LogP contribution < -0.4 is 9.64 Å². The van der Waals surface area contributed by atoms with Crippen molar-refractivity contribution in [1.82, 2.24) is 0 Å². The van der Waals surface area contributed by atoms with Crippen LogP contribution in [0.2, 0.25) is 0 Å². The summed E-state index contributed by atoms with van der Waals surface area (Å²) >= 11 is 0. The maximum Gasteiger partial charge on any atom is 0.256 e. The predicted octanol–water partition coefficient (Wildman–Crippen LogP) is 3.29. The van der Waals surface area contributed by atoms with Crippen LogP contribution in [0.5, 0.6) is 5.75 Å². The number of amides is 1. The van der Waals surface area contributed by atoms with Crippen LogP contribution >= 0.6 is 0 Å². The molecule has 2 unspecified atom stereocenters. The van der Waals surface area contributed by atoms with Crippen LogP contribution in [0.3, 0.4) is 0 Å². The molecule has 1 aliphatic carbocycles. The summed E-state index contributed by atoms with van der Waals surface area (Å²) < 4.78 is 20.3. The molecule has 162 valence electrons. The van der Waals surface area contributed by atoms with E-state index in [9.17, 15) is 25.0 Å². The van der Waals surface area contributed by atoms with E-state index in [-0.39, 0.29) is 29.7 Å². The van der Waals surface area contributed by atoms with E-state index in [1.807, 2.05) is 6.07 Å². The molecular formula is C23H18FN3O5. The number of carbonyl (C=O) groups is 2. The monoisotopic (exact) mass is 435 g/mol. The molecule has 0 fully saturated rings. The first kappa shape index (κ1) is 21.2. The Morgan fingerprint density at radius 2 is 1.91 bits per heavy atom. The first-order valence-corrected chi connectivity index (χ1v) is 9.92.